The molecule has 1 fully saturated rings. The van der Waals surface area contributed by atoms with Crippen molar-refractivity contribution >= 4 is 28.8 Å². The third kappa shape index (κ3) is 5.09. The Morgan fingerprint density at radius 3 is 2.59 bits per heavy atom. The maximum absolute atomic E-state index is 13.2. The molecule has 2 N–H and O–H groups in total. The van der Waals surface area contributed by atoms with Crippen LogP contribution in [-0.2, 0) is 14.3 Å². The summed E-state index contributed by atoms with van der Waals surface area (Å²) in [6, 6.07) is 4.81. The van der Waals surface area contributed by atoms with Gasteiger partial charge < -0.3 is 15.4 Å². The van der Waals surface area contributed by atoms with E-state index in [1.165, 1.54) is 6.07 Å². The average molecular weight is 395 g/mol. The lowest BCUT2D eigenvalue weighted by Gasteiger charge is -2.34. The Bertz CT molecular complexity index is 795. The van der Waals surface area contributed by atoms with Gasteiger partial charge in [0, 0.05) is 31.4 Å². The second-order valence-electron chi connectivity index (χ2n) is 6.01. The van der Waals surface area contributed by atoms with Gasteiger partial charge in [0.25, 0.3) is 0 Å². The number of carbonyl (C=O) groups excluding carboxylic acids is 2. The van der Waals surface area contributed by atoms with Crippen molar-refractivity contribution in [3.63, 3.8) is 0 Å². The van der Waals surface area contributed by atoms with Crippen LogP contribution in [0.15, 0.2) is 35.0 Å². The lowest BCUT2D eigenvalue weighted by molar-refractivity contribution is -0.136. The summed E-state index contributed by atoms with van der Waals surface area (Å²) < 4.78 is 31.5. The number of rotatable bonds is 5. The molecule has 1 atom stereocenters. The highest BCUT2D eigenvalue weighted by atomic mass is 32.1. The second-order valence-corrected chi connectivity index (χ2v) is 6.79. The maximum Gasteiger partial charge on any atom is 0.313 e. The predicted molar refractivity (Wildman–Crippen MR) is 97.4 cm³/mol. The number of hydrogen-bond donors (Lipinski definition) is 2. The second kappa shape index (κ2) is 9.03. The molecule has 0 radical (unpaired) electrons. The molecule has 1 unspecified atom stereocenters. The minimum Gasteiger partial charge on any atom is -0.379 e. The summed E-state index contributed by atoms with van der Waals surface area (Å²) in [6.07, 6.45) is 0. The number of anilines is 1. The smallest absolute Gasteiger partial charge is 0.313 e. The van der Waals surface area contributed by atoms with Gasteiger partial charge in [-0.3, -0.25) is 14.5 Å². The Hall–Kier alpha value is -2.36. The van der Waals surface area contributed by atoms with E-state index in [1.807, 2.05) is 16.8 Å². The first kappa shape index (κ1) is 19.4. The van der Waals surface area contributed by atoms with E-state index in [9.17, 15) is 18.4 Å². The molecule has 1 aromatic carbocycles. The molecular formula is C18H19F2N3O3S. The van der Waals surface area contributed by atoms with E-state index in [4.69, 9.17) is 4.74 Å². The van der Waals surface area contributed by atoms with Crippen molar-refractivity contribution in [2.75, 3.05) is 38.2 Å². The van der Waals surface area contributed by atoms with E-state index in [2.05, 4.69) is 15.5 Å². The number of morpholine rings is 1. The van der Waals surface area contributed by atoms with Gasteiger partial charge in [0.05, 0.1) is 19.3 Å². The van der Waals surface area contributed by atoms with E-state index < -0.39 is 23.4 Å². The highest BCUT2D eigenvalue weighted by molar-refractivity contribution is 7.08. The van der Waals surface area contributed by atoms with Crippen LogP contribution in [0.4, 0.5) is 14.5 Å². The highest BCUT2D eigenvalue weighted by Gasteiger charge is 2.24. The fraction of sp³-hybridized carbons (Fsp3) is 0.333. The van der Waals surface area contributed by atoms with Gasteiger partial charge in [0.2, 0.25) is 0 Å². The van der Waals surface area contributed by atoms with Crippen molar-refractivity contribution in [3.8, 4) is 0 Å². The molecule has 0 bridgehead atoms. The summed E-state index contributed by atoms with van der Waals surface area (Å²) in [6.45, 7) is 2.95. The third-order valence-electron chi connectivity index (χ3n) is 4.25. The van der Waals surface area contributed by atoms with Crippen LogP contribution in [0.2, 0.25) is 0 Å². The SMILES string of the molecule is O=C(NCC(c1ccsc1)N1CCOCC1)C(=O)Nc1ccc(F)c(F)c1. The van der Waals surface area contributed by atoms with E-state index in [0.29, 0.717) is 13.2 Å². The highest BCUT2D eigenvalue weighted by Crippen LogP contribution is 2.23. The molecule has 144 valence electrons. The van der Waals surface area contributed by atoms with E-state index in [0.717, 1.165) is 30.8 Å². The Morgan fingerprint density at radius 2 is 1.93 bits per heavy atom. The van der Waals surface area contributed by atoms with Gasteiger partial charge in [-0.1, -0.05) is 0 Å². The molecule has 0 saturated carbocycles. The van der Waals surface area contributed by atoms with Crippen molar-refractivity contribution in [1.29, 1.82) is 0 Å². The van der Waals surface area contributed by atoms with Crippen LogP contribution in [0.3, 0.4) is 0 Å². The first-order valence-corrected chi connectivity index (χ1v) is 9.37. The summed E-state index contributed by atoms with van der Waals surface area (Å²) in [5.74, 6) is -3.90. The Labute approximate surface area is 159 Å². The molecule has 1 aromatic heterocycles. The fourth-order valence-electron chi connectivity index (χ4n) is 2.84. The van der Waals surface area contributed by atoms with Crippen LogP contribution in [0.5, 0.6) is 0 Å². The minimum absolute atomic E-state index is 0.0108. The molecule has 9 heteroatoms. The van der Waals surface area contributed by atoms with E-state index in [1.54, 1.807) is 11.3 Å². The molecule has 2 heterocycles. The number of ether oxygens (including phenoxy) is 1. The molecule has 2 amide bonds. The summed E-state index contributed by atoms with van der Waals surface area (Å²) >= 11 is 1.56. The predicted octanol–water partition coefficient (Wildman–Crippen LogP) is 2.15. The zero-order valence-corrected chi connectivity index (χ0v) is 15.2. The zero-order valence-electron chi connectivity index (χ0n) is 14.4. The van der Waals surface area contributed by atoms with Crippen LogP contribution < -0.4 is 10.6 Å². The Kier molecular flexibility index (Phi) is 6.49. The number of carbonyl (C=O) groups is 2. The van der Waals surface area contributed by atoms with Gasteiger partial charge in [-0.15, -0.1) is 0 Å². The van der Waals surface area contributed by atoms with Gasteiger partial charge in [0.15, 0.2) is 11.6 Å². The lowest BCUT2D eigenvalue weighted by atomic mass is 10.1. The molecule has 27 heavy (non-hydrogen) atoms. The number of nitrogens with one attached hydrogen (secondary N) is 2. The van der Waals surface area contributed by atoms with Gasteiger partial charge in [-0.2, -0.15) is 11.3 Å². The topological polar surface area (TPSA) is 70.7 Å². The van der Waals surface area contributed by atoms with Crippen molar-refractivity contribution in [3.05, 3.63) is 52.2 Å². The molecule has 1 saturated heterocycles. The zero-order chi connectivity index (χ0) is 19.2. The summed E-state index contributed by atoms with van der Waals surface area (Å²) in [4.78, 5) is 26.3. The van der Waals surface area contributed by atoms with Crippen molar-refractivity contribution in [2.45, 2.75) is 6.04 Å². The standard InChI is InChI=1S/C18H19F2N3O3S/c19-14-2-1-13(9-15(14)20)22-18(25)17(24)21-10-16(12-3-8-27-11-12)23-4-6-26-7-5-23/h1-3,8-9,11,16H,4-7,10H2,(H,21,24)(H,22,25). The average Bonchev–Trinajstić information content (AvgIpc) is 3.20. The van der Waals surface area contributed by atoms with Gasteiger partial charge in [0.1, 0.15) is 0 Å². The Balaban J connectivity index is 1.59. The van der Waals surface area contributed by atoms with Gasteiger partial charge in [-0.05, 0) is 34.5 Å². The number of nitrogens with zero attached hydrogens (tertiary/aromatic N) is 1. The largest absolute Gasteiger partial charge is 0.379 e. The van der Waals surface area contributed by atoms with Crippen molar-refractivity contribution < 1.29 is 23.1 Å². The molecule has 0 spiro atoms. The third-order valence-corrected chi connectivity index (χ3v) is 4.96. The van der Waals surface area contributed by atoms with Gasteiger partial charge >= 0.3 is 11.8 Å². The van der Waals surface area contributed by atoms with Crippen molar-refractivity contribution in [1.82, 2.24) is 10.2 Å². The van der Waals surface area contributed by atoms with Crippen LogP contribution in [0.1, 0.15) is 11.6 Å². The molecule has 1 aliphatic heterocycles. The van der Waals surface area contributed by atoms with Crippen LogP contribution in [-0.4, -0.2) is 49.6 Å². The van der Waals surface area contributed by atoms with E-state index >= 15 is 0 Å². The summed E-state index contributed by atoms with van der Waals surface area (Å²) in [7, 11) is 0. The van der Waals surface area contributed by atoms with Gasteiger partial charge in [-0.25, -0.2) is 8.78 Å². The normalized spacial score (nSPS) is 15.9. The molecule has 0 aliphatic carbocycles. The number of benzene rings is 1. The lowest BCUT2D eigenvalue weighted by Crippen LogP contribution is -2.45. The monoisotopic (exact) mass is 395 g/mol. The van der Waals surface area contributed by atoms with Crippen LogP contribution in [0, 0.1) is 11.6 Å². The molecule has 6 nitrogen and oxygen atoms in total. The molecule has 1 aliphatic rings. The quantitative estimate of drug-likeness (QED) is 0.762. The maximum atomic E-state index is 13.2. The molecule has 2 aromatic rings. The number of halogens is 2. The number of thiophene rings is 1. The van der Waals surface area contributed by atoms with Crippen LogP contribution >= 0.6 is 11.3 Å². The minimum atomic E-state index is -1.10. The van der Waals surface area contributed by atoms with Crippen molar-refractivity contribution in [2.24, 2.45) is 0 Å². The Morgan fingerprint density at radius 1 is 1.15 bits per heavy atom. The summed E-state index contributed by atoms with van der Waals surface area (Å²) in [5.41, 5.74) is 1.07. The molecule has 3 rings (SSSR count). The summed E-state index contributed by atoms with van der Waals surface area (Å²) in [5, 5.41) is 8.84. The van der Waals surface area contributed by atoms with E-state index in [-0.39, 0.29) is 18.3 Å². The molecular weight excluding hydrogens is 376 g/mol. The van der Waals surface area contributed by atoms with Crippen LogP contribution in [0.25, 0.3) is 0 Å². The number of hydrogen-bond acceptors (Lipinski definition) is 5. The fourth-order valence-corrected chi connectivity index (χ4v) is 3.55. The first-order valence-electron chi connectivity index (χ1n) is 8.42. The number of amides is 2. The first-order chi connectivity index (χ1) is 13.0.